The second kappa shape index (κ2) is 5.46. The van der Waals surface area contributed by atoms with Crippen molar-refractivity contribution < 1.29 is 8.42 Å². The molecule has 0 aliphatic heterocycles. The average molecular weight is 257 g/mol. The molecule has 1 heterocycles. The summed E-state index contributed by atoms with van der Waals surface area (Å²) < 4.78 is 23.4. The Kier molecular flexibility index (Phi) is 4.47. The average Bonchev–Trinajstić information content (AvgIpc) is 2.24. The Labute approximate surface area is 103 Å². The fraction of sp³-hybridized carbons (Fsp3) is 0.545. The first-order valence-electron chi connectivity index (χ1n) is 5.49. The highest BCUT2D eigenvalue weighted by Crippen LogP contribution is 2.23. The molecule has 6 heteroatoms. The molecule has 1 aromatic heterocycles. The van der Waals surface area contributed by atoms with Crippen LogP contribution in [0.3, 0.4) is 0 Å². The van der Waals surface area contributed by atoms with Crippen LogP contribution in [-0.4, -0.2) is 38.8 Å². The van der Waals surface area contributed by atoms with Crippen molar-refractivity contribution in [3.63, 3.8) is 0 Å². The van der Waals surface area contributed by atoms with Crippen LogP contribution in [0, 0.1) is 0 Å². The molecule has 5 nitrogen and oxygen atoms in total. The van der Waals surface area contributed by atoms with Crippen LogP contribution in [0.5, 0.6) is 0 Å². The largest absolute Gasteiger partial charge is 0.352 e. The molecule has 0 radical (unpaired) electrons. The van der Waals surface area contributed by atoms with Gasteiger partial charge in [0.2, 0.25) is 0 Å². The summed E-state index contributed by atoms with van der Waals surface area (Å²) in [5, 5.41) is 0. The van der Waals surface area contributed by atoms with E-state index in [1.807, 2.05) is 18.7 Å². The molecule has 0 saturated carbocycles. The van der Waals surface area contributed by atoms with Crippen LogP contribution in [-0.2, 0) is 9.84 Å². The highest BCUT2D eigenvalue weighted by atomic mass is 32.2. The van der Waals surface area contributed by atoms with E-state index in [4.69, 9.17) is 5.73 Å². The summed E-state index contributed by atoms with van der Waals surface area (Å²) >= 11 is 0. The van der Waals surface area contributed by atoms with Crippen LogP contribution in [0.1, 0.15) is 13.8 Å². The van der Waals surface area contributed by atoms with Crippen LogP contribution in [0.15, 0.2) is 23.2 Å². The number of hydrogen-bond acceptors (Lipinski definition) is 5. The maximum Gasteiger partial charge on any atom is 0.179 e. The molecular weight excluding hydrogens is 238 g/mol. The standard InChI is InChI=1S/C11H19N3O2S/c1-9(2)14(8-6-12)11-10(17(3,15)16)5-4-7-13-11/h4-5,7,9H,6,8,12H2,1-3H3. The predicted molar refractivity (Wildman–Crippen MR) is 68.9 cm³/mol. The number of aromatic nitrogens is 1. The van der Waals surface area contributed by atoms with Crippen molar-refractivity contribution in [2.24, 2.45) is 5.73 Å². The number of sulfone groups is 1. The summed E-state index contributed by atoms with van der Waals surface area (Å²) in [5.74, 6) is 0.482. The van der Waals surface area contributed by atoms with Crippen LogP contribution in [0.2, 0.25) is 0 Å². The van der Waals surface area contributed by atoms with Crippen LogP contribution in [0.4, 0.5) is 5.82 Å². The Hall–Kier alpha value is -1.14. The molecule has 2 N–H and O–H groups in total. The minimum absolute atomic E-state index is 0.147. The second-order valence-electron chi connectivity index (χ2n) is 4.17. The Morgan fingerprint density at radius 3 is 2.59 bits per heavy atom. The predicted octanol–water partition coefficient (Wildman–Crippen LogP) is 0.659. The van der Waals surface area contributed by atoms with Crippen molar-refractivity contribution in [3.05, 3.63) is 18.3 Å². The van der Waals surface area contributed by atoms with E-state index >= 15 is 0 Å². The van der Waals surface area contributed by atoms with Crippen LogP contribution < -0.4 is 10.6 Å². The van der Waals surface area contributed by atoms with E-state index in [0.29, 0.717) is 18.9 Å². The van der Waals surface area contributed by atoms with Crippen molar-refractivity contribution in [3.8, 4) is 0 Å². The van der Waals surface area contributed by atoms with Crippen molar-refractivity contribution in [2.45, 2.75) is 24.8 Å². The summed E-state index contributed by atoms with van der Waals surface area (Å²) in [7, 11) is -3.28. The van der Waals surface area contributed by atoms with Crippen LogP contribution >= 0.6 is 0 Å². The molecule has 0 aliphatic rings. The van der Waals surface area contributed by atoms with Crippen molar-refractivity contribution in [2.75, 3.05) is 24.2 Å². The summed E-state index contributed by atoms with van der Waals surface area (Å²) in [6.07, 6.45) is 2.78. The monoisotopic (exact) mass is 257 g/mol. The van der Waals surface area contributed by atoms with E-state index < -0.39 is 9.84 Å². The molecule has 0 amide bonds. The number of rotatable bonds is 5. The highest BCUT2D eigenvalue weighted by molar-refractivity contribution is 7.90. The molecule has 0 aromatic carbocycles. The first-order chi connectivity index (χ1) is 7.88. The molecule has 0 spiro atoms. The molecule has 0 unspecified atom stereocenters. The van der Waals surface area contributed by atoms with Gasteiger partial charge in [0.15, 0.2) is 9.84 Å². The Morgan fingerprint density at radius 1 is 1.47 bits per heavy atom. The maximum atomic E-state index is 11.7. The quantitative estimate of drug-likeness (QED) is 0.838. The van der Waals surface area contributed by atoms with Crippen molar-refractivity contribution >= 4 is 15.7 Å². The van der Waals surface area contributed by atoms with E-state index in [1.165, 1.54) is 6.26 Å². The lowest BCUT2D eigenvalue weighted by Crippen LogP contribution is -2.36. The summed E-state index contributed by atoms with van der Waals surface area (Å²) in [5.41, 5.74) is 5.54. The van der Waals surface area contributed by atoms with Gasteiger partial charge in [0.05, 0.1) is 0 Å². The summed E-state index contributed by atoms with van der Waals surface area (Å²) in [4.78, 5) is 6.33. The van der Waals surface area contributed by atoms with E-state index in [1.54, 1.807) is 18.3 Å². The number of pyridine rings is 1. The SMILES string of the molecule is CC(C)N(CCN)c1ncccc1S(C)(=O)=O. The zero-order chi connectivity index (χ0) is 13.1. The smallest absolute Gasteiger partial charge is 0.179 e. The summed E-state index contributed by atoms with van der Waals surface area (Å²) in [6.45, 7) is 5.00. The van der Waals surface area contributed by atoms with Gasteiger partial charge in [0.1, 0.15) is 10.7 Å². The third-order valence-corrected chi connectivity index (χ3v) is 3.53. The van der Waals surface area contributed by atoms with E-state index in [2.05, 4.69) is 4.98 Å². The second-order valence-corrected chi connectivity index (χ2v) is 6.16. The third-order valence-electron chi connectivity index (χ3n) is 2.42. The minimum Gasteiger partial charge on any atom is -0.352 e. The van der Waals surface area contributed by atoms with Crippen molar-refractivity contribution in [1.82, 2.24) is 4.98 Å². The fourth-order valence-corrected chi connectivity index (χ4v) is 2.46. The third kappa shape index (κ3) is 3.41. The molecule has 0 aliphatic carbocycles. The lowest BCUT2D eigenvalue weighted by atomic mass is 10.3. The highest BCUT2D eigenvalue weighted by Gasteiger charge is 2.20. The van der Waals surface area contributed by atoms with Gasteiger partial charge in [-0.3, -0.25) is 0 Å². The molecule has 96 valence electrons. The number of anilines is 1. The van der Waals surface area contributed by atoms with Gasteiger partial charge >= 0.3 is 0 Å². The minimum atomic E-state index is -3.28. The molecule has 1 aromatic rings. The van der Waals surface area contributed by atoms with Gasteiger partial charge in [-0.15, -0.1) is 0 Å². The Bertz CT molecular complexity index is 471. The number of nitrogens with two attached hydrogens (primary N) is 1. The first-order valence-corrected chi connectivity index (χ1v) is 7.39. The topological polar surface area (TPSA) is 76.3 Å². The van der Waals surface area contributed by atoms with Crippen LogP contribution in [0.25, 0.3) is 0 Å². The molecule has 0 fully saturated rings. The first kappa shape index (κ1) is 13.9. The number of nitrogens with zero attached hydrogens (tertiary/aromatic N) is 2. The number of hydrogen-bond donors (Lipinski definition) is 1. The Morgan fingerprint density at radius 2 is 2.12 bits per heavy atom. The lowest BCUT2D eigenvalue weighted by Gasteiger charge is -2.28. The van der Waals surface area contributed by atoms with Gasteiger partial charge in [-0.2, -0.15) is 0 Å². The zero-order valence-electron chi connectivity index (χ0n) is 10.4. The van der Waals surface area contributed by atoms with Gasteiger partial charge < -0.3 is 10.6 Å². The fourth-order valence-electron chi connectivity index (χ4n) is 1.64. The van der Waals surface area contributed by atoms with Gasteiger partial charge in [-0.1, -0.05) is 0 Å². The molecule has 0 bridgehead atoms. The van der Waals surface area contributed by atoms with E-state index in [0.717, 1.165) is 0 Å². The molecule has 0 atom stereocenters. The normalized spacial score (nSPS) is 11.8. The molecule has 0 saturated heterocycles. The molecular formula is C11H19N3O2S. The lowest BCUT2D eigenvalue weighted by molar-refractivity contribution is 0.599. The molecule has 1 rings (SSSR count). The van der Waals surface area contributed by atoms with Gasteiger partial charge in [-0.05, 0) is 26.0 Å². The van der Waals surface area contributed by atoms with Gasteiger partial charge in [-0.25, -0.2) is 13.4 Å². The van der Waals surface area contributed by atoms with E-state index in [9.17, 15) is 8.42 Å². The van der Waals surface area contributed by atoms with Gasteiger partial charge in [0.25, 0.3) is 0 Å². The van der Waals surface area contributed by atoms with Crippen molar-refractivity contribution in [1.29, 1.82) is 0 Å². The maximum absolute atomic E-state index is 11.7. The molecule has 17 heavy (non-hydrogen) atoms. The Balaban J connectivity index is 3.29. The zero-order valence-corrected chi connectivity index (χ0v) is 11.2. The van der Waals surface area contributed by atoms with E-state index in [-0.39, 0.29) is 10.9 Å². The van der Waals surface area contributed by atoms with Gasteiger partial charge in [0, 0.05) is 31.6 Å². The summed E-state index contributed by atoms with van der Waals surface area (Å²) in [6, 6.07) is 3.35.